The molecule has 1 amide bonds. The summed E-state index contributed by atoms with van der Waals surface area (Å²) in [7, 11) is 0. The minimum Gasteiger partial charge on any atom is -0.467 e. The molecule has 208 valence electrons. The molecule has 2 saturated heterocycles. The van der Waals surface area contributed by atoms with Crippen LogP contribution < -0.4 is 19.9 Å². The lowest BCUT2D eigenvalue weighted by Crippen LogP contribution is -2.47. The fourth-order valence-electron chi connectivity index (χ4n) is 5.20. The second kappa shape index (κ2) is 10.7. The van der Waals surface area contributed by atoms with Crippen LogP contribution in [0.25, 0.3) is 11.7 Å². The standard InChI is InChI=1S/C29H25N5O5S2/c35-27-21(15-24-28(36)34(29(40)41-24)17-20-4-3-13-37-20)26(30-25-5-1-2-8-33(25)27)32-11-9-31(10-12-32)16-19-6-7-22-23(14-19)39-18-38-22/h1-8,13-15H,9-12,16-18H2/b24-15+. The highest BCUT2D eigenvalue weighted by atomic mass is 32.2. The van der Waals surface area contributed by atoms with E-state index in [-0.39, 0.29) is 24.8 Å². The zero-order chi connectivity index (χ0) is 27.9. The SMILES string of the molecule is O=C1/C(=C\c2c(N3CCN(Cc4ccc5c(c4)OCO5)CC3)nc3ccccn3c2=O)SC(=S)N1Cc1ccco1. The van der Waals surface area contributed by atoms with E-state index in [4.69, 9.17) is 31.1 Å². The first kappa shape index (κ1) is 25.8. The largest absolute Gasteiger partial charge is 0.467 e. The average molecular weight is 588 g/mol. The number of piperazine rings is 1. The fourth-order valence-corrected chi connectivity index (χ4v) is 6.44. The molecule has 3 aliphatic rings. The van der Waals surface area contributed by atoms with Gasteiger partial charge in [0.2, 0.25) is 6.79 Å². The van der Waals surface area contributed by atoms with Gasteiger partial charge in [0.15, 0.2) is 11.5 Å². The number of ether oxygens (including phenoxy) is 2. The summed E-state index contributed by atoms with van der Waals surface area (Å²) in [5, 5.41) is 0. The predicted octanol–water partition coefficient (Wildman–Crippen LogP) is 3.74. The van der Waals surface area contributed by atoms with E-state index in [9.17, 15) is 9.59 Å². The summed E-state index contributed by atoms with van der Waals surface area (Å²) in [4.78, 5) is 38.3. The second-order valence-corrected chi connectivity index (χ2v) is 11.6. The Morgan fingerprint density at radius 1 is 0.976 bits per heavy atom. The molecule has 6 heterocycles. The summed E-state index contributed by atoms with van der Waals surface area (Å²) in [6, 6.07) is 15.1. The molecule has 3 aliphatic heterocycles. The molecule has 0 saturated carbocycles. The van der Waals surface area contributed by atoms with Gasteiger partial charge in [0.1, 0.15) is 21.5 Å². The Morgan fingerprint density at radius 2 is 1.83 bits per heavy atom. The van der Waals surface area contributed by atoms with Gasteiger partial charge in [0, 0.05) is 38.9 Å². The number of rotatable bonds is 6. The van der Waals surface area contributed by atoms with E-state index in [1.54, 1.807) is 36.7 Å². The number of carbonyl (C=O) groups is 1. The summed E-state index contributed by atoms with van der Waals surface area (Å²) in [6.45, 7) is 4.21. The third kappa shape index (κ3) is 4.98. The van der Waals surface area contributed by atoms with Crippen molar-refractivity contribution in [2.75, 3.05) is 37.9 Å². The number of nitrogens with zero attached hydrogens (tertiary/aromatic N) is 5. The van der Waals surface area contributed by atoms with Crippen LogP contribution in [0.15, 0.2) is 75.1 Å². The van der Waals surface area contributed by atoms with Crippen molar-refractivity contribution >= 4 is 51.7 Å². The number of carbonyl (C=O) groups excluding carboxylic acids is 1. The van der Waals surface area contributed by atoms with Gasteiger partial charge in [-0.25, -0.2) is 4.98 Å². The monoisotopic (exact) mass is 587 g/mol. The highest BCUT2D eigenvalue weighted by Crippen LogP contribution is 2.35. The van der Waals surface area contributed by atoms with Crippen molar-refractivity contribution < 1.29 is 18.7 Å². The minimum absolute atomic E-state index is 0.232. The van der Waals surface area contributed by atoms with E-state index >= 15 is 0 Å². The highest BCUT2D eigenvalue weighted by molar-refractivity contribution is 8.26. The predicted molar refractivity (Wildman–Crippen MR) is 159 cm³/mol. The number of pyridine rings is 1. The van der Waals surface area contributed by atoms with E-state index in [2.05, 4.69) is 15.9 Å². The molecule has 0 spiro atoms. The molecule has 10 nitrogen and oxygen atoms in total. The van der Waals surface area contributed by atoms with Crippen molar-refractivity contribution in [1.82, 2.24) is 19.2 Å². The molecule has 2 fully saturated rings. The number of thioether (sulfide) groups is 1. The first-order chi connectivity index (χ1) is 20.0. The van der Waals surface area contributed by atoms with Gasteiger partial charge in [-0.05, 0) is 48.0 Å². The molecule has 0 radical (unpaired) electrons. The van der Waals surface area contributed by atoms with Gasteiger partial charge >= 0.3 is 0 Å². The molecule has 0 unspecified atom stereocenters. The maximum atomic E-state index is 13.7. The summed E-state index contributed by atoms with van der Waals surface area (Å²) in [5.74, 6) is 2.50. The maximum Gasteiger partial charge on any atom is 0.267 e. The van der Waals surface area contributed by atoms with Crippen LogP contribution in [-0.2, 0) is 17.9 Å². The molecule has 4 aromatic rings. The number of amides is 1. The Hall–Kier alpha value is -4.13. The minimum atomic E-state index is -0.256. The summed E-state index contributed by atoms with van der Waals surface area (Å²) in [5.41, 5.74) is 1.85. The summed E-state index contributed by atoms with van der Waals surface area (Å²) in [6.07, 6.45) is 4.90. The van der Waals surface area contributed by atoms with Gasteiger partial charge < -0.3 is 18.8 Å². The molecule has 0 bridgehead atoms. The van der Waals surface area contributed by atoms with Crippen molar-refractivity contribution in [3.8, 4) is 11.5 Å². The number of hydrogen-bond donors (Lipinski definition) is 0. The second-order valence-electron chi connectivity index (χ2n) is 9.88. The normalized spacial score (nSPS) is 18.3. The molecule has 12 heteroatoms. The van der Waals surface area contributed by atoms with Crippen LogP contribution in [0.3, 0.4) is 0 Å². The number of thiocarbonyl (C=S) groups is 1. The smallest absolute Gasteiger partial charge is 0.267 e. The number of benzene rings is 1. The lowest BCUT2D eigenvalue weighted by molar-refractivity contribution is -0.122. The molecule has 3 aromatic heterocycles. The van der Waals surface area contributed by atoms with Gasteiger partial charge in [-0.1, -0.05) is 36.1 Å². The third-order valence-electron chi connectivity index (χ3n) is 7.31. The van der Waals surface area contributed by atoms with Crippen LogP contribution in [0.2, 0.25) is 0 Å². The number of aromatic nitrogens is 2. The highest BCUT2D eigenvalue weighted by Gasteiger charge is 2.34. The lowest BCUT2D eigenvalue weighted by Gasteiger charge is -2.36. The Morgan fingerprint density at radius 3 is 2.66 bits per heavy atom. The van der Waals surface area contributed by atoms with Crippen LogP contribution in [0.1, 0.15) is 16.9 Å². The number of furan rings is 1. The van der Waals surface area contributed by atoms with Gasteiger partial charge in [-0.15, -0.1) is 0 Å². The first-order valence-electron chi connectivity index (χ1n) is 13.2. The lowest BCUT2D eigenvalue weighted by atomic mass is 10.1. The molecule has 1 aromatic carbocycles. The summed E-state index contributed by atoms with van der Waals surface area (Å²) >= 11 is 6.68. The van der Waals surface area contributed by atoms with Gasteiger partial charge in [-0.2, -0.15) is 0 Å². The molecule has 0 aliphatic carbocycles. The number of fused-ring (bicyclic) bond motifs is 2. The third-order valence-corrected chi connectivity index (χ3v) is 8.68. The van der Waals surface area contributed by atoms with E-state index in [0.717, 1.165) is 36.7 Å². The van der Waals surface area contributed by atoms with Crippen molar-refractivity contribution in [2.45, 2.75) is 13.1 Å². The van der Waals surface area contributed by atoms with Crippen molar-refractivity contribution in [1.29, 1.82) is 0 Å². The van der Waals surface area contributed by atoms with Crippen LogP contribution in [0.5, 0.6) is 11.5 Å². The van der Waals surface area contributed by atoms with E-state index in [1.807, 2.05) is 24.3 Å². The van der Waals surface area contributed by atoms with E-state index in [1.165, 1.54) is 21.1 Å². The Kier molecular flexibility index (Phi) is 6.73. The topological polar surface area (TPSA) is 92.8 Å². The molecule has 0 atom stereocenters. The van der Waals surface area contributed by atoms with Crippen LogP contribution in [-0.4, -0.2) is 62.4 Å². The van der Waals surface area contributed by atoms with Crippen LogP contribution >= 0.6 is 24.0 Å². The molecule has 41 heavy (non-hydrogen) atoms. The van der Waals surface area contributed by atoms with Gasteiger partial charge in [-0.3, -0.25) is 23.8 Å². The number of anilines is 1. The quantitative estimate of drug-likeness (QED) is 0.245. The number of hydrogen-bond acceptors (Lipinski definition) is 10. The van der Waals surface area contributed by atoms with Crippen LogP contribution in [0, 0.1) is 0 Å². The van der Waals surface area contributed by atoms with E-state index < -0.39 is 0 Å². The van der Waals surface area contributed by atoms with Crippen molar-refractivity contribution in [3.05, 3.63) is 93.1 Å². The first-order valence-corrected chi connectivity index (χ1v) is 14.4. The molecule has 0 N–H and O–H groups in total. The molecule has 7 rings (SSSR count). The van der Waals surface area contributed by atoms with Crippen molar-refractivity contribution in [2.24, 2.45) is 0 Å². The summed E-state index contributed by atoms with van der Waals surface area (Å²) < 4.78 is 18.3. The molecular weight excluding hydrogens is 562 g/mol. The average Bonchev–Trinajstić information content (AvgIpc) is 3.73. The zero-order valence-electron chi connectivity index (χ0n) is 21.9. The van der Waals surface area contributed by atoms with Crippen molar-refractivity contribution in [3.63, 3.8) is 0 Å². The Labute approximate surface area is 244 Å². The van der Waals surface area contributed by atoms with E-state index in [0.29, 0.717) is 45.1 Å². The Balaban J connectivity index is 1.15. The van der Waals surface area contributed by atoms with Gasteiger partial charge in [0.05, 0.1) is 23.3 Å². The fraction of sp³-hybridized carbons (Fsp3) is 0.241. The maximum absolute atomic E-state index is 13.7. The Bertz CT molecular complexity index is 1740. The molecular formula is C29H25N5O5S2. The zero-order valence-corrected chi connectivity index (χ0v) is 23.5. The van der Waals surface area contributed by atoms with Crippen LogP contribution in [0.4, 0.5) is 5.82 Å². The van der Waals surface area contributed by atoms with Gasteiger partial charge in [0.25, 0.3) is 11.5 Å².